The first-order chi connectivity index (χ1) is 12.7. The lowest BCUT2D eigenvalue weighted by Gasteiger charge is -2.12. The van der Waals surface area contributed by atoms with Crippen LogP contribution in [0.2, 0.25) is 0 Å². The topological polar surface area (TPSA) is 84.8 Å². The standard InChI is InChI=1S/C22H28N4O/c1-6-14(2)21(18-8-7-9-20(23)11-18)10-15(3)26-16(4)19(13-25-26)12-22(24)17(5)27/h7-11,13,24H,6,12,23H2,1-5H3. The van der Waals surface area contributed by atoms with Crippen molar-refractivity contribution in [1.82, 2.24) is 9.78 Å². The van der Waals surface area contributed by atoms with Gasteiger partial charge in [-0.15, -0.1) is 0 Å². The Hall–Kier alpha value is -2.95. The first-order valence-corrected chi connectivity index (χ1v) is 9.10. The number of carbonyl (C=O) groups excluding carboxylic acids is 1. The number of nitrogens with one attached hydrogen (secondary N) is 1. The molecule has 0 unspecified atom stereocenters. The van der Waals surface area contributed by atoms with Gasteiger partial charge in [0.1, 0.15) is 0 Å². The van der Waals surface area contributed by atoms with Crippen LogP contribution in [0, 0.1) is 12.3 Å². The number of rotatable bonds is 7. The van der Waals surface area contributed by atoms with Crippen molar-refractivity contribution in [3.8, 4) is 0 Å². The number of hydrogen-bond donors (Lipinski definition) is 2. The summed E-state index contributed by atoms with van der Waals surface area (Å²) in [4.78, 5) is 11.4. The Labute approximate surface area is 161 Å². The average molecular weight is 364 g/mol. The molecule has 0 aliphatic rings. The van der Waals surface area contributed by atoms with Crippen LogP contribution in [0.25, 0.3) is 11.3 Å². The lowest BCUT2D eigenvalue weighted by atomic mass is 9.97. The molecule has 1 aromatic carbocycles. The number of aromatic nitrogens is 2. The molecule has 0 amide bonds. The molecule has 1 heterocycles. The summed E-state index contributed by atoms with van der Waals surface area (Å²) in [6.45, 7) is 9.65. The van der Waals surface area contributed by atoms with E-state index < -0.39 is 0 Å². The van der Waals surface area contributed by atoms with Crippen LogP contribution in [0.5, 0.6) is 0 Å². The Bertz CT molecular complexity index is 932. The zero-order chi connectivity index (χ0) is 20.1. The Morgan fingerprint density at radius 2 is 2.00 bits per heavy atom. The lowest BCUT2D eigenvalue weighted by molar-refractivity contribution is -0.111. The highest BCUT2D eigenvalue weighted by atomic mass is 16.1. The van der Waals surface area contributed by atoms with Gasteiger partial charge in [-0.25, -0.2) is 4.68 Å². The maximum Gasteiger partial charge on any atom is 0.173 e. The maximum absolute atomic E-state index is 11.4. The largest absolute Gasteiger partial charge is 0.399 e. The lowest BCUT2D eigenvalue weighted by Crippen LogP contribution is -2.12. The van der Waals surface area contributed by atoms with Gasteiger partial charge in [0.2, 0.25) is 0 Å². The predicted molar refractivity (Wildman–Crippen MR) is 113 cm³/mol. The number of Topliss-reactive ketones (excluding diaryl/α,β-unsaturated/α-hetero) is 1. The predicted octanol–water partition coefficient (Wildman–Crippen LogP) is 4.67. The van der Waals surface area contributed by atoms with Gasteiger partial charge in [-0.3, -0.25) is 4.79 Å². The van der Waals surface area contributed by atoms with E-state index in [0.717, 1.165) is 40.2 Å². The van der Waals surface area contributed by atoms with Gasteiger partial charge >= 0.3 is 0 Å². The quantitative estimate of drug-likeness (QED) is 0.425. The van der Waals surface area contributed by atoms with E-state index in [0.29, 0.717) is 6.42 Å². The molecular formula is C22H28N4O. The van der Waals surface area contributed by atoms with Crippen LogP contribution in [0.15, 0.2) is 42.1 Å². The van der Waals surface area contributed by atoms with Crippen molar-refractivity contribution in [2.24, 2.45) is 0 Å². The van der Waals surface area contributed by atoms with Gasteiger partial charge in [0.05, 0.1) is 11.9 Å². The van der Waals surface area contributed by atoms with Gasteiger partial charge in [-0.05, 0) is 62.1 Å². The van der Waals surface area contributed by atoms with Gasteiger partial charge < -0.3 is 11.1 Å². The minimum Gasteiger partial charge on any atom is -0.399 e. The van der Waals surface area contributed by atoms with Gasteiger partial charge in [-0.2, -0.15) is 5.10 Å². The molecule has 0 radical (unpaired) electrons. The number of anilines is 1. The van der Waals surface area contributed by atoms with Crippen LogP contribution in [-0.4, -0.2) is 21.3 Å². The van der Waals surface area contributed by atoms with Crippen molar-refractivity contribution in [1.29, 1.82) is 5.41 Å². The minimum absolute atomic E-state index is 0.0986. The van der Waals surface area contributed by atoms with Crippen LogP contribution in [0.4, 0.5) is 5.69 Å². The number of nitrogens with two attached hydrogens (primary N) is 1. The maximum atomic E-state index is 11.4. The summed E-state index contributed by atoms with van der Waals surface area (Å²) in [6.07, 6.45) is 5.10. The summed E-state index contributed by atoms with van der Waals surface area (Å²) in [5.74, 6) is -0.208. The van der Waals surface area contributed by atoms with Crippen molar-refractivity contribution in [2.75, 3.05) is 5.73 Å². The molecule has 0 fully saturated rings. The highest BCUT2D eigenvalue weighted by Gasteiger charge is 2.13. The SMILES string of the molecule is CCC(C)=C(C=C(C)n1ncc(CC(=N)C(C)=O)c1C)c1cccc(N)c1. The molecule has 2 aromatic rings. The third-order valence-corrected chi connectivity index (χ3v) is 4.78. The average Bonchev–Trinajstić information content (AvgIpc) is 2.99. The Kier molecular flexibility index (Phi) is 6.50. The van der Waals surface area contributed by atoms with Crippen LogP contribution in [-0.2, 0) is 11.2 Å². The highest BCUT2D eigenvalue weighted by molar-refractivity contribution is 6.38. The van der Waals surface area contributed by atoms with Crippen LogP contribution in [0.3, 0.4) is 0 Å². The van der Waals surface area contributed by atoms with Crippen LogP contribution in [0.1, 0.15) is 50.9 Å². The third kappa shape index (κ3) is 4.82. The molecule has 0 spiro atoms. The molecule has 0 aliphatic heterocycles. The summed E-state index contributed by atoms with van der Waals surface area (Å²) in [5, 5.41) is 12.3. The molecule has 3 N–H and O–H groups in total. The van der Waals surface area contributed by atoms with Gasteiger partial charge in [-0.1, -0.05) is 24.6 Å². The fourth-order valence-electron chi connectivity index (χ4n) is 2.91. The second-order valence-electron chi connectivity index (χ2n) is 6.84. The first-order valence-electron chi connectivity index (χ1n) is 9.10. The number of hydrogen-bond acceptors (Lipinski definition) is 4. The molecule has 1 aromatic heterocycles. The number of benzene rings is 1. The molecule has 0 bridgehead atoms. The molecule has 0 saturated carbocycles. The number of carbonyl (C=O) groups is 1. The zero-order valence-electron chi connectivity index (χ0n) is 16.8. The normalized spacial score (nSPS) is 12.7. The monoisotopic (exact) mass is 364 g/mol. The molecule has 142 valence electrons. The van der Waals surface area contributed by atoms with Crippen LogP contribution < -0.4 is 5.73 Å². The highest BCUT2D eigenvalue weighted by Crippen LogP contribution is 2.26. The van der Waals surface area contributed by atoms with E-state index in [9.17, 15) is 4.79 Å². The number of allylic oxidation sites excluding steroid dienone is 4. The second kappa shape index (κ2) is 8.62. The number of ketones is 1. The van der Waals surface area contributed by atoms with E-state index in [2.05, 4.69) is 31.1 Å². The summed E-state index contributed by atoms with van der Waals surface area (Å²) < 4.78 is 1.86. The van der Waals surface area contributed by atoms with Crippen molar-refractivity contribution in [2.45, 2.75) is 47.5 Å². The van der Waals surface area contributed by atoms with Crippen molar-refractivity contribution in [3.63, 3.8) is 0 Å². The summed E-state index contributed by atoms with van der Waals surface area (Å²) in [5.41, 5.74) is 13.1. The third-order valence-electron chi connectivity index (χ3n) is 4.78. The second-order valence-corrected chi connectivity index (χ2v) is 6.84. The Balaban J connectivity index is 2.43. The molecular weight excluding hydrogens is 336 g/mol. The Morgan fingerprint density at radius 1 is 1.30 bits per heavy atom. The first kappa shape index (κ1) is 20.4. The van der Waals surface area contributed by atoms with E-state index in [1.54, 1.807) is 6.20 Å². The smallest absolute Gasteiger partial charge is 0.173 e. The van der Waals surface area contributed by atoms with E-state index in [1.807, 2.05) is 36.7 Å². The van der Waals surface area contributed by atoms with Crippen molar-refractivity contribution >= 4 is 28.5 Å². The molecule has 0 saturated heterocycles. The summed E-state index contributed by atoms with van der Waals surface area (Å²) in [7, 11) is 0. The zero-order valence-corrected chi connectivity index (χ0v) is 16.8. The van der Waals surface area contributed by atoms with Gasteiger partial charge in [0, 0.05) is 30.4 Å². The van der Waals surface area contributed by atoms with E-state index in [-0.39, 0.29) is 11.5 Å². The molecule has 2 rings (SSSR count). The van der Waals surface area contributed by atoms with E-state index >= 15 is 0 Å². The Morgan fingerprint density at radius 3 is 2.59 bits per heavy atom. The van der Waals surface area contributed by atoms with Gasteiger partial charge in [0.15, 0.2) is 5.78 Å². The summed E-state index contributed by atoms with van der Waals surface area (Å²) >= 11 is 0. The van der Waals surface area contributed by atoms with Crippen LogP contribution >= 0.6 is 0 Å². The molecule has 0 aliphatic carbocycles. The van der Waals surface area contributed by atoms with Crippen molar-refractivity contribution < 1.29 is 4.79 Å². The van der Waals surface area contributed by atoms with Crippen molar-refractivity contribution in [3.05, 3.63) is 58.9 Å². The fourth-order valence-corrected chi connectivity index (χ4v) is 2.91. The number of nitrogens with zero attached hydrogens (tertiary/aromatic N) is 2. The fraction of sp³-hybridized carbons (Fsp3) is 0.318. The molecule has 27 heavy (non-hydrogen) atoms. The molecule has 5 nitrogen and oxygen atoms in total. The molecule has 0 atom stereocenters. The summed E-state index contributed by atoms with van der Waals surface area (Å²) in [6, 6.07) is 7.88. The minimum atomic E-state index is -0.208. The number of nitrogen functional groups attached to an aromatic ring is 1. The van der Waals surface area contributed by atoms with E-state index in [1.165, 1.54) is 12.5 Å². The van der Waals surface area contributed by atoms with E-state index in [4.69, 9.17) is 11.1 Å². The van der Waals surface area contributed by atoms with Gasteiger partial charge in [0.25, 0.3) is 0 Å². The molecule has 5 heteroatoms.